The molecule has 0 aromatic carbocycles. The van der Waals surface area contributed by atoms with Crippen molar-refractivity contribution in [3.8, 4) is 0 Å². The number of halogens is 1. The van der Waals surface area contributed by atoms with Crippen LogP contribution in [0.4, 0.5) is 0 Å². The Hall–Kier alpha value is -0.390. The first kappa shape index (κ1) is 12.1. The first-order chi connectivity index (χ1) is 7.61. The van der Waals surface area contributed by atoms with Gasteiger partial charge in [0.1, 0.15) is 6.04 Å². The summed E-state index contributed by atoms with van der Waals surface area (Å²) in [4.78, 5) is 13.9. The molecule has 1 unspecified atom stereocenters. The number of thiophene rings is 1. The fourth-order valence-corrected chi connectivity index (χ4v) is 3.10. The molecular formula is C11H14BrNO2S. The maximum Gasteiger partial charge on any atom is 0.328 e. The number of ether oxygens (including phenoxy) is 1. The Morgan fingerprint density at radius 2 is 2.38 bits per heavy atom. The largest absolute Gasteiger partial charge is 0.468 e. The zero-order valence-electron chi connectivity index (χ0n) is 9.25. The monoisotopic (exact) mass is 303 g/mol. The van der Waals surface area contributed by atoms with Gasteiger partial charge in [-0.3, -0.25) is 5.32 Å². The van der Waals surface area contributed by atoms with Crippen LogP contribution in [-0.2, 0) is 9.53 Å². The summed E-state index contributed by atoms with van der Waals surface area (Å²) in [7, 11) is 1.43. The van der Waals surface area contributed by atoms with E-state index in [1.54, 1.807) is 11.3 Å². The van der Waals surface area contributed by atoms with E-state index in [0.717, 1.165) is 22.2 Å². The van der Waals surface area contributed by atoms with Crippen molar-refractivity contribution in [3.63, 3.8) is 0 Å². The van der Waals surface area contributed by atoms with Crippen LogP contribution in [-0.4, -0.2) is 19.1 Å². The Labute approximate surface area is 107 Å². The van der Waals surface area contributed by atoms with E-state index >= 15 is 0 Å². The molecule has 16 heavy (non-hydrogen) atoms. The smallest absolute Gasteiger partial charge is 0.328 e. The van der Waals surface area contributed by atoms with Gasteiger partial charge in [0, 0.05) is 20.3 Å². The maximum atomic E-state index is 11.7. The van der Waals surface area contributed by atoms with Crippen molar-refractivity contribution < 1.29 is 9.53 Å². The average molecular weight is 304 g/mol. The molecule has 1 fully saturated rings. The van der Waals surface area contributed by atoms with Crippen LogP contribution in [0.5, 0.6) is 0 Å². The van der Waals surface area contributed by atoms with E-state index in [2.05, 4.69) is 21.2 Å². The lowest BCUT2D eigenvalue weighted by Crippen LogP contribution is -2.30. The first-order valence-corrected chi connectivity index (χ1v) is 6.82. The number of carbonyl (C=O) groups excluding carboxylic acids is 1. The molecule has 0 spiro atoms. The Bertz CT molecular complexity index is 381. The standard InChI is InChI=1S/C11H14BrNO2S/c1-6-8(12)5-9(16-6)10(11(14)15-2)13-7-3-4-7/h5,7,10,13H,3-4H2,1-2H3. The van der Waals surface area contributed by atoms with E-state index in [0.29, 0.717) is 6.04 Å². The topological polar surface area (TPSA) is 38.3 Å². The van der Waals surface area contributed by atoms with Crippen LogP contribution in [0, 0.1) is 6.92 Å². The molecule has 5 heteroatoms. The van der Waals surface area contributed by atoms with E-state index < -0.39 is 0 Å². The second kappa shape index (κ2) is 4.85. The van der Waals surface area contributed by atoms with Gasteiger partial charge in [-0.1, -0.05) is 0 Å². The Morgan fingerprint density at radius 1 is 1.69 bits per heavy atom. The number of hydrogen-bond acceptors (Lipinski definition) is 4. The Balaban J connectivity index is 2.19. The van der Waals surface area contributed by atoms with Crippen molar-refractivity contribution in [2.24, 2.45) is 0 Å². The van der Waals surface area contributed by atoms with Crippen LogP contribution >= 0.6 is 27.3 Å². The predicted molar refractivity (Wildman–Crippen MR) is 67.7 cm³/mol. The minimum atomic E-state index is -0.313. The van der Waals surface area contributed by atoms with Crippen molar-refractivity contribution in [1.29, 1.82) is 0 Å². The molecule has 3 nitrogen and oxygen atoms in total. The lowest BCUT2D eigenvalue weighted by molar-refractivity contribution is -0.143. The van der Waals surface area contributed by atoms with Crippen molar-refractivity contribution in [3.05, 3.63) is 20.3 Å². The highest BCUT2D eigenvalue weighted by Gasteiger charge is 2.31. The van der Waals surface area contributed by atoms with E-state index in [1.165, 1.54) is 12.0 Å². The molecule has 2 rings (SSSR count). The summed E-state index contributed by atoms with van der Waals surface area (Å²) in [6.45, 7) is 2.03. The summed E-state index contributed by atoms with van der Waals surface area (Å²) >= 11 is 5.09. The zero-order chi connectivity index (χ0) is 11.7. The van der Waals surface area contributed by atoms with Gasteiger partial charge in [0.15, 0.2) is 0 Å². The molecule has 1 aliphatic rings. The number of nitrogens with one attached hydrogen (secondary N) is 1. The van der Waals surface area contributed by atoms with Gasteiger partial charge in [0.25, 0.3) is 0 Å². The highest BCUT2D eigenvalue weighted by molar-refractivity contribution is 9.10. The zero-order valence-corrected chi connectivity index (χ0v) is 11.7. The van der Waals surface area contributed by atoms with E-state index in [1.807, 2.05) is 13.0 Å². The average Bonchev–Trinajstić information content (AvgIpc) is 3.02. The molecule has 0 amide bonds. The lowest BCUT2D eigenvalue weighted by atomic mass is 10.2. The number of carbonyl (C=O) groups is 1. The molecule has 1 aromatic rings. The summed E-state index contributed by atoms with van der Waals surface area (Å²) in [6, 6.07) is 2.16. The molecular weight excluding hydrogens is 290 g/mol. The van der Waals surface area contributed by atoms with Gasteiger partial charge >= 0.3 is 5.97 Å². The van der Waals surface area contributed by atoms with Gasteiger partial charge in [-0.25, -0.2) is 4.79 Å². The molecule has 1 heterocycles. The van der Waals surface area contributed by atoms with Crippen molar-refractivity contribution in [2.45, 2.75) is 31.8 Å². The molecule has 1 atom stereocenters. The number of esters is 1. The number of methoxy groups -OCH3 is 1. The minimum absolute atomic E-state index is 0.208. The number of hydrogen-bond donors (Lipinski definition) is 1. The quantitative estimate of drug-likeness (QED) is 0.869. The van der Waals surface area contributed by atoms with E-state index in [9.17, 15) is 4.79 Å². The van der Waals surface area contributed by atoms with Gasteiger partial charge in [-0.15, -0.1) is 11.3 Å². The highest BCUT2D eigenvalue weighted by Crippen LogP contribution is 2.33. The third kappa shape index (κ3) is 2.64. The molecule has 1 N–H and O–H groups in total. The fourth-order valence-electron chi connectivity index (χ4n) is 1.49. The van der Waals surface area contributed by atoms with Crippen LogP contribution in [0.15, 0.2) is 10.5 Å². The predicted octanol–water partition coefficient (Wildman–Crippen LogP) is 2.79. The maximum absolute atomic E-state index is 11.7. The van der Waals surface area contributed by atoms with Crippen LogP contribution in [0.2, 0.25) is 0 Å². The second-order valence-electron chi connectivity index (χ2n) is 3.95. The molecule has 0 radical (unpaired) electrons. The van der Waals surface area contributed by atoms with Crippen molar-refractivity contribution in [2.75, 3.05) is 7.11 Å². The summed E-state index contributed by atoms with van der Waals surface area (Å²) < 4.78 is 5.89. The van der Waals surface area contributed by atoms with Gasteiger partial charge in [0.05, 0.1) is 7.11 Å². The Morgan fingerprint density at radius 3 is 2.81 bits per heavy atom. The van der Waals surface area contributed by atoms with E-state index in [-0.39, 0.29) is 12.0 Å². The summed E-state index contributed by atoms with van der Waals surface area (Å²) in [5.41, 5.74) is 0. The third-order valence-electron chi connectivity index (χ3n) is 2.58. The SMILES string of the molecule is COC(=O)C(NC1CC1)c1cc(Br)c(C)s1. The molecule has 1 saturated carbocycles. The van der Waals surface area contributed by atoms with Crippen LogP contribution in [0.25, 0.3) is 0 Å². The van der Waals surface area contributed by atoms with E-state index in [4.69, 9.17) is 4.74 Å². The van der Waals surface area contributed by atoms with Gasteiger partial charge < -0.3 is 4.74 Å². The molecule has 1 aromatic heterocycles. The van der Waals surface area contributed by atoms with Crippen molar-refractivity contribution in [1.82, 2.24) is 5.32 Å². The highest BCUT2D eigenvalue weighted by atomic mass is 79.9. The number of aryl methyl sites for hydroxylation is 1. The second-order valence-corrected chi connectivity index (χ2v) is 6.09. The van der Waals surface area contributed by atoms with Gasteiger partial charge in [-0.2, -0.15) is 0 Å². The van der Waals surface area contributed by atoms with Gasteiger partial charge in [-0.05, 0) is 41.8 Å². The molecule has 0 bridgehead atoms. The van der Waals surface area contributed by atoms with Crippen LogP contribution < -0.4 is 5.32 Å². The minimum Gasteiger partial charge on any atom is -0.468 e. The normalized spacial score (nSPS) is 17.2. The molecule has 0 saturated heterocycles. The van der Waals surface area contributed by atoms with Crippen LogP contribution in [0.1, 0.15) is 28.6 Å². The molecule has 0 aliphatic heterocycles. The van der Waals surface area contributed by atoms with Crippen LogP contribution in [0.3, 0.4) is 0 Å². The Kier molecular flexibility index (Phi) is 3.66. The first-order valence-electron chi connectivity index (χ1n) is 5.21. The van der Waals surface area contributed by atoms with Crippen molar-refractivity contribution >= 4 is 33.2 Å². The molecule has 88 valence electrons. The lowest BCUT2D eigenvalue weighted by Gasteiger charge is -2.14. The molecule has 1 aliphatic carbocycles. The van der Waals surface area contributed by atoms with Gasteiger partial charge in [0.2, 0.25) is 0 Å². The summed E-state index contributed by atoms with van der Waals surface area (Å²) in [5.74, 6) is -0.208. The third-order valence-corrected chi connectivity index (χ3v) is 4.78. The summed E-state index contributed by atoms with van der Waals surface area (Å²) in [5, 5.41) is 3.31. The fraction of sp³-hybridized carbons (Fsp3) is 0.545. The summed E-state index contributed by atoms with van der Waals surface area (Å²) in [6.07, 6.45) is 2.30. The number of rotatable bonds is 4.